The molecule has 3 nitrogen and oxygen atoms in total. The van der Waals surface area contributed by atoms with Gasteiger partial charge in [0.15, 0.2) is 0 Å². The molecule has 0 saturated carbocycles. The highest BCUT2D eigenvalue weighted by Gasteiger charge is 2.07. The minimum Gasteiger partial charge on any atom is -0.382 e. The Kier molecular flexibility index (Phi) is 7.21. The van der Waals surface area contributed by atoms with Crippen LogP contribution in [0.25, 0.3) is 0 Å². The van der Waals surface area contributed by atoms with E-state index in [2.05, 4.69) is 11.5 Å². The molecule has 1 unspecified atom stereocenters. The second-order valence-corrected chi connectivity index (χ2v) is 4.47. The smallest absolute Gasteiger partial charge is 0.0466 e. The summed E-state index contributed by atoms with van der Waals surface area (Å²) in [5, 5.41) is 0.771. The number of hydrogen-bond donors (Lipinski definition) is 2. The van der Waals surface area contributed by atoms with Crippen molar-refractivity contribution in [1.82, 2.24) is 5.43 Å². The summed E-state index contributed by atoms with van der Waals surface area (Å²) in [5.74, 6) is 5.55. The lowest BCUT2D eigenvalue weighted by Crippen LogP contribution is -2.36. The van der Waals surface area contributed by atoms with Crippen LogP contribution in [0.4, 0.5) is 0 Å². The van der Waals surface area contributed by atoms with Crippen molar-refractivity contribution in [1.29, 1.82) is 0 Å². The van der Waals surface area contributed by atoms with E-state index in [1.165, 1.54) is 5.56 Å². The molecule has 1 atom stereocenters. The van der Waals surface area contributed by atoms with Gasteiger partial charge < -0.3 is 4.74 Å². The lowest BCUT2D eigenvalue weighted by atomic mass is 10.0. The van der Waals surface area contributed by atoms with Gasteiger partial charge in [0.25, 0.3) is 0 Å². The zero-order valence-electron chi connectivity index (χ0n) is 10.3. The highest BCUT2D eigenvalue weighted by atomic mass is 35.5. The van der Waals surface area contributed by atoms with E-state index in [4.69, 9.17) is 22.2 Å². The minimum absolute atomic E-state index is 0.272. The SMILES string of the molecule is CCOCCCC(Cc1cccc(Cl)c1)NN. The molecular formula is C13H21ClN2O. The Hall–Kier alpha value is -0.610. The first-order valence-electron chi connectivity index (χ1n) is 6.04. The van der Waals surface area contributed by atoms with E-state index in [0.29, 0.717) is 0 Å². The molecule has 4 heteroatoms. The van der Waals surface area contributed by atoms with Gasteiger partial charge in [-0.25, -0.2) is 0 Å². The molecule has 0 spiro atoms. The van der Waals surface area contributed by atoms with E-state index in [1.54, 1.807) is 0 Å². The molecule has 0 aromatic heterocycles. The van der Waals surface area contributed by atoms with Crippen molar-refractivity contribution in [3.05, 3.63) is 34.9 Å². The molecule has 0 aliphatic carbocycles. The Morgan fingerprint density at radius 3 is 2.94 bits per heavy atom. The normalized spacial score (nSPS) is 12.6. The maximum absolute atomic E-state index is 5.95. The molecule has 0 saturated heterocycles. The van der Waals surface area contributed by atoms with Gasteiger partial charge in [-0.2, -0.15) is 0 Å². The maximum atomic E-state index is 5.95. The van der Waals surface area contributed by atoms with Gasteiger partial charge in [0.2, 0.25) is 0 Å². The Bertz CT molecular complexity index is 320. The van der Waals surface area contributed by atoms with Crippen LogP contribution in [-0.4, -0.2) is 19.3 Å². The number of hydrazine groups is 1. The number of rotatable bonds is 8. The van der Waals surface area contributed by atoms with Gasteiger partial charge in [-0.05, 0) is 43.9 Å². The first kappa shape index (κ1) is 14.5. The van der Waals surface area contributed by atoms with E-state index in [-0.39, 0.29) is 6.04 Å². The van der Waals surface area contributed by atoms with Crippen molar-refractivity contribution in [2.24, 2.45) is 5.84 Å². The van der Waals surface area contributed by atoms with E-state index in [0.717, 1.165) is 37.5 Å². The van der Waals surface area contributed by atoms with Crippen LogP contribution in [0.1, 0.15) is 25.3 Å². The van der Waals surface area contributed by atoms with Crippen molar-refractivity contribution < 1.29 is 4.74 Å². The van der Waals surface area contributed by atoms with Crippen LogP contribution in [0.2, 0.25) is 5.02 Å². The third-order valence-corrected chi connectivity index (χ3v) is 2.89. The molecule has 0 radical (unpaired) electrons. The highest BCUT2D eigenvalue weighted by Crippen LogP contribution is 2.13. The van der Waals surface area contributed by atoms with Gasteiger partial charge in [0.1, 0.15) is 0 Å². The van der Waals surface area contributed by atoms with Gasteiger partial charge in [-0.3, -0.25) is 11.3 Å². The molecule has 96 valence electrons. The lowest BCUT2D eigenvalue weighted by molar-refractivity contribution is 0.140. The molecule has 0 fully saturated rings. The van der Waals surface area contributed by atoms with E-state index in [1.807, 2.05) is 25.1 Å². The van der Waals surface area contributed by atoms with E-state index in [9.17, 15) is 0 Å². The van der Waals surface area contributed by atoms with Gasteiger partial charge >= 0.3 is 0 Å². The summed E-state index contributed by atoms with van der Waals surface area (Å²) in [7, 11) is 0. The van der Waals surface area contributed by atoms with Crippen molar-refractivity contribution in [2.45, 2.75) is 32.2 Å². The van der Waals surface area contributed by atoms with Crippen LogP contribution in [0.15, 0.2) is 24.3 Å². The average molecular weight is 257 g/mol. The number of hydrogen-bond acceptors (Lipinski definition) is 3. The standard InChI is InChI=1S/C13H21ClN2O/c1-2-17-8-4-7-13(16-15)10-11-5-3-6-12(14)9-11/h3,5-6,9,13,16H,2,4,7-8,10,15H2,1H3. The molecule has 0 bridgehead atoms. The summed E-state index contributed by atoms with van der Waals surface area (Å²) in [6, 6.07) is 8.16. The molecule has 0 aliphatic rings. The summed E-state index contributed by atoms with van der Waals surface area (Å²) in [4.78, 5) is 0. The minimum atomic E-state index is 0.272. The lowest BCUT2D eigenvalue weighted by Gasteiger charge is -2.15. The van der Waals surface area contributed by atoms with Gasteiger partial charge in [-0.1, -0.05) is 23.7 Å². The van der Waals surface area contributed by atoms with Crippen LogP contribution in [0, 0.1) is 0 Å². The van der Waals surface area contributed by atoms with Crippen molar-refractivity contribution in [3.8, 4) is 0 Å². The number of nitrogens with one attached hydrogen (secondary N) is 1. The fraction of sp³-hybridized carbons (Fsp3) is 0.538. The first-order valence-corrected chi connectivity index (χ1v) is 6.42. The van der Waals surface area contributed by atoms with Crippen LogP contribution in [0.3, 0.4) is 0 Å². The van der Waals surface area contributed by atoms with Gasteiger partial charge in [0, 0.05) is 24.3 Å². The molecule has 17 heavy (non-hydrogen) atoms. The molecule has 1 rings (SSSR count). The average Bonchev–Trinajstić information content (AvgIpc) is 2.33. The third-order valence-electron chi connectivity index (χ3n) is 2.65. The van der Waals surface area contributed by atoms with Gasteiger partial charge in [-0.15, -0.1) is 0 Å². The second-order valence-electron chi connectivity index (χ2n) is 4.04. The number of ether oxygens (including phenoxy) is 1. The van der Waals surface area contributed by atoms with Crippen LogP contribution >= 0.6 is 11.6 Å². The number of halogens is 1. The second kappa shape index (κ2) is 8.48. The molecule has 0 amide bonds. The molecule has 0 aliphatic heterocycles. The largest absolute Gasteiger partial charge is 0.382 e. The molecule has 1 aromatic carbocycles. The zero-order chi connectivity index (χ0) is 12.5. The highest BCUT2D eigenvalue weighted by molar-refractivity contribution is 6.30. The summed E-state index contributed by atoms with van der Waals surface area (Å²) >= 11 is 5.95. The number of benzene rings is 1. The van der Waals surface area contributed by atoms with Crippen LogP contribution in [-0.2, 0) is 11.2 Å². The van der Waals surface area contributed by atoms with Crippen molar-refractivity contribution in [2.75, 3.05) is 13.2 Å². The molecule has 1 aromatic rings. The fourth-order valence-corrected chi connectivity index (χ4v) is 1.98. The molecule has 3 N–H and O–H groups in total. The summed E-state index contributed by atoms with van der Waals surface area (Å²) in [6.07, 6.45) is 2.91. The van der Waals surface area contributed by atoms with Gasteiger partial charge in [0.05, 0.1) is 0 Å². The summed E-state index contributed by atoms with van der Waals surface area (Å²) in [5.41, 5.74) is 4.05. The molecule has 0 heterocycles. The van der Waals surface area contributed by atoms with Crippen LogP contribution in [0.5, 0.6) is 0 Å². The Labute approximate surface area is 108 Å². The van der Waals surface area contributed by atoms with Crippen molar-refractivity contribution in [3.63, 3.8) is 0 Å². The Balaban J connectivity index is 2.35. The predicted octanol–water partition coefficient (Wildman–Crippen LogP) is 2.53. The fourth-order valence-electron chi connectivity index (χ4n) is 1.77. The summed E-state index contributed by atoms with van der Waals surface area (Å²) in [6.45, 7) is 3.57. The number of nitrogens with two attached hydrogens (primary N) is 1. The van der Waals surface area contributed by atoms with Crippen molar-refractivity contribution >= 4 is 11.6 Å². The van der Waals surface area contributed by atoms with E-state index >= 15 is 0 Å². The van der Waals surface area contributed by atoms with E-state index < -0.39 is 0 Å². The molecular weight excluding hydrogens is 236 g/mol. The van der Waals surface area contributed by atoms with Crippen LogP contribution < -0.4 is 11.3 Å². The maximum Gasteiger partial charge on any atom is 0.0466 e. The topological polar surface area (TPSA) is 47.3 Å². The zero-order valence-corrected chi connectivity index (χ0v) is 11.0. The first-order chi connectivity index (χ1) is 8.26. The predicted molar refractivity (Wildman–Crippen MR) is 72.0 cm³/mol. The monoisotopic (exact) mass is 256 g/mol. The Morgan fingerprint density at radius 1 is 1.47 bits per heavy atom. The quantitative estimate of drug-likeness (QED) is 0.427. The summed E-state index contributed by atoms with van der Waals surface area (Å²) < 4.78 is 5.31. The Morgan fingerprint density at radius 2 is 2.29 bits per heavy atom. The third kappa shape index (κ3) is 6.03.